The molecular weight excluding hydrogens is 246 g/mol. The monoisotopic (exact) mass is 269 g/mol. The Hall–Kier alpha value is -1.59. The van der Waals surface area contributed by atoms with Gasteiger partial charge in [0.1, 0.15) is 6.04 Å². The molecule has 108 valence electrons. The highest BCUT2D eigenvalue weighted by atomic mass is 16.2. The molecule has 2 atom stereocenters. The summed E-state index contributed by atoms with van der Waals surface area (Å²) in [4.78, 5) is 34.8. The highest BCUT2D eigenvalue weighted by Crippen LogP contribution is 2.05. The molecule has 1 aliphatic heterocycles. The number of amides is 3. The molecule has 1 heterocycles. The molecule has 6 heteroatoms. The van der Waals surface area contributed by atoms with E-state index in [4.69, 9.17) is 0 Å². The van der Waals surface area contributed by atoms with Gasteiger partial charge in [0.15, 0.2) is 0 Å². The number of nitrogens with one attached hydrogen (secondary N) is 3. The third-order valence-corrected chi connectivity index (χ3v) is 3.35. The Morgan fingerprint density at radius 1 is 1.42 bits per heavy atom. The predicted molar refractivity (Wildman–Crippen MR) is 71.3 cm³/mol. The summed E-state index contributed by atoms with van der Waals surface area (Å²) in [5, 5.41) is 7.98. The summed E-state index contributed by atoms with van der Waals surface area (Å²) >= 11 is 0. The Kier molecular flexibility index (Phi) is 6.32. The summed E-state index contributed by atoms with van der Waals surface area (Å²) in [6, 6.07) is -0.476. The molecule has 0 aromatic heterocycles. The van der Waals surface area contributed by atoms with Crippen LogP contribution in [-0.2, 0) is 14.4 Å². The van der Waals surface area contributed by atoms with Gasteiger partial charge in [-0.05, 0) is 25.7 Å². The molecule has 0 aromatic carbocycles. The van der Waals surface area contributed by atoms with Crippen molar-refractivity contribution in [3.63, 3.8) is 0 Å². The Bertz CT molecular complexity index is 344. The lowest BCUT2D eigenvalue weighted by Crippen LogP contribution is -2.48. The molecule has 1 aliphatic rings. The van der Waals surface area contributed by atoms with E-state index in [1.165, 1.54) is 0 Å². The molecule has 3 N–H and O–H groups in total. The van der Waals surface area contributed by atoms with Crippen LogP contribution in [-0.4, -0.2) is 36.9 Å². The first-order valence-corrected chi connectivity index (χ1v) is 6.89. The van der Waals surface area contributed by atoms with E-state index in [1.54, 1.807) is 0 Å². The fourth-order valence-corrected chi connectivity index (χ4v) is 1.85. The molecular formula is C13H23N3O3. The molecule has 0 unspecified atom stereocenters. The largest absolute Gasteiger partial charge is 0.354 e. The van der Waals surface area contributed by atoms with Crippen molar-refractivity contribution in [2.75, 3.05) is 13.1 Å². The quantitative estimate of drug-likeness (QED) is 0.653. The van der Waals surface area contributed by atoms with E-state index in [0.717, 1.165) is 19.3 Å². The Balaban J connectivity index is 2.34. The third kappa shape index (κ3) is 5.28. The molecule has 0 spiro atoms. The zero-order valence-corrected chi connectivity index (χ0v) is 11.6. The van der Waals surface area contributed by atoms with Gasteiger partial charge in [-0.15, -0.1) is 0 Å². The van der Waals surface area contributed by atoms with E-state index in [2.05, 4.69) is 16.0 Å². The van der Waals surface area contributed by atoms with Crippen molar-refractivity contribution in [1.29, 1.82) is 0 Å². The van der Waals surface area contributed by atoms with Gasteiger partial charge in [0, 0.05) is 12.5 Å². The van der Waals surface area contributed by atoms with Crippen LogP contribution in [0.2, 0.25) is 0 Å². The van der Waals surface area contributed by atoms with Crippen LogP contribution in [0.1, 0.15) is 39.5 Å². The highest BCUT2D eigenvalue weighted by molar-refractivity contribution is 5.90. The van der Waals surface area contributed by atoms with Gasteiger partial charge in [0.2, 0.25) is 17.7 Å². The van der Waals surface area contributed by atoms with E-state index in [-0.39, 0.29) is 30.2 Å². The van der Waals surface area contributed by atoms with Gasteiger partial charge < -0.3 is 16.0 Å². The van der Waals surface area contributed by atoms with Crippen LogP contribution in [0.3, 0.4) is 0 Å². The Morgan fingerprint density at radius 2 is 2.16 bits per heavy atom. The van der Waals surface area contributed by atoms with Crippen LogP contribution in [0, 0.1) is 5.92 Å². The fraction of sp³-hybridized carbons (Fsp3) is 0.769. The molecule has 0 aliphatic carbocycles. The Labute approximate surface area is 113 Å². The lowest BCUT2D eigenvalue weighted by molar-refractivity contribution is -0.130. The van der Waals surface area contributed by atoms with Crippen molar-refractivity contribution >= 4 is 17.7 Å². The van der Waals surface area contributed by atoms with Crippen molar-refractivity contribution in [1.82, 2.24) is 16.0 Å². The molecule has 1 rings (SSSR count). The van der Waals surface area contributed by atoms with E-state index in [0.29, 0.717) is 13.0 Å². The molecule has 1 fully saturated rings. The number of carbonyl (C=O) groups is 3. The minimum absolute atomic E-state index is 0.0764. The maximum absolute atomic E-state index is 11.7. The molecule has 0 saturated carbocycles. The van der Waals surface area contributed by atoms with Crippen LogP contribution in [0.15, 0.2) is 0 Å². The first-order chi connectivity index (χ1) is 9.04. The summed E-state index contributed by atoms with van der Waals surface area (Å²) in [5.74, 6) is -0.699. The Morgan fingerprint density at radius 3 is 2.84 bits per heavy atom. The predicted octanol–water partition coefficient (Wildman–Crippen LogP) is -0.0664. The third-order valence-electron chi connectivity index (χ3n) is 3.35. The average molecular weight is 269 g/mol. The van der Waals surface area contributed by atoms with E-state index >= 15 is 0 Å². The minimum atomic E-state index is -0.476. The van der Waals surface area contributed by atoms with E-state index in [1.807, 2.05) is 13.8 Å². The zero-order chi connectivity index (χ0) is 14.3. The first kappa shape index (κ1) is 15.5. The van der Waals surface area contributed by atoms with E-state index in [9.17, 15) is 14.4 Å². The first-order valence-electron chi connectivity index (χ1n) is 6.89. The van der Waals surface area contributed by atoms with Gasteiger partial charge in [-0.1, -0.05) is 13.8 Å². The second-order valence-corrected chi connectivity index (χ2v) is 4.93. The van der Waals surface area contributed by atoms with E-state index < -0.39 is 6.04 Å². The van der Waals surface area contributed by atoms with Crippen LogP contribution >= 0.6 is 0 Å². The minimum Gasteiger partial charge on any atom is -0.354 e. The highest BCUT2D eigenvalue weighted by Gasteiger charge is 2.22. The number of carbonyl (C=O) groups excluding carboxylic acids is 3. The summed E-state index contributed by atoms with van der Waals surface area (Å²) in [6.45, 7) is 4.31. The second kappa shape index (κ2) is 7.76. The van der Waals surface area contributed by atoms with Crippen molar-refractivity contribution in [3.05, 3.63) is 0 Å². The summed E-state index contributed by atoms with van der Waals surface area (Å²) < 4.78 is 0. The van der Waals surface area contributed by atoms with Crippen LogP contribution < -0.4 is 16.0 Å². The summed E-state index contributed by atoms with van der Waals surface area (Å²) in [7, 11) is 0. The topological polar surface area (TPSA) is 87.3 Å². The van der Waals surface area contributed by atoms with Crippen LogP contribution in [0.4, 0.5) is 0 Å². The standard InChI is InChI=1S/C13H23N3O3/c1-3-9(2)12(18)15-8-11(17)16-10-6-4-5-7-14-13(10)19/h9-10H,3-8H2,1-2H3,(H,14,19)(H,15,18)(H,16,17)/t9-,10+/m0/s1. The molecule has 19 heavy (non-hydrogen) atoms. The van der Waals surface area contributed by atoms with Crippen molar-refractivity contribution in [3.8, 4) is 0 Å². The van der Waals surface area contributed by atoms with Crippen molar-refractivity contribution in [2.24, 2.45) is 5.92 Å². The fourth-order valence-electron chi connectivity index (χ4n) is 1.85. The molecule has 1 saturated heterocycles. The molecule has 0 aromatic rings. The van der Waals surface area contributed by atoms with Gasteiger partial charge in [-0.2, -0.15) is 0 Å². The smallest absolute Gasteiger partial charge is 0.242 e. The normalized spacial score (nSPS) is 20.9. The van der Waals surface area contributed by atoms with Gasteiger partial charge in [0.05, 0.1) is 6.54 Å². The van der Waals surface area contributed by atoms with Crippen molar-refractivity contribution in [2.45, 2.75) is 45.6 Å². The number of rotatable bonds is 5. The maximum atomic E-state index is 11.7. The molecule has 6 nitrogen and oxygen atoms in total. The number of hydrogen-bond donors (Lipinski definition) is 3. The molecule has 0 radical (unpaired) electrons. The number of hydrogen-bond acceptors (Lipinski definition) is 3. The second-order valence-electron chi connectivity index (χ2n) is 4.93. The average Bonchev–Trinajstić information content (AvgIpc) is 2.60. The summed E-state index contributed by atoms with van der Waals surface area (Å²) in [5.41, 5.74) is 0. The lowest BCUT2D eigenvalue weighted by atomic mass is 10.1. The van der Waals surface area contributed by atoms with Crippen LogP contribution in [0.5, 0.6) is 0 Å². The van der Waals surface area contributed by atoms with Crippen molar-refractivity contribution < 1.29 is 14.4 Å². The summed E-state index contributed by atoms with van der Waals surface area (Å²) in [6.07, 6.45) is 3.22. The maximum Gasteiger partial charge on any atom is 0.242 e. The van der Waals surface area contributed by atoms with Gasteiger partial charge in [-0.3, -0.25) is 14.4 Å². The van der Waals surface area contributed by atoms with Gasteiger partial charge in [-0.25, -0.2) is 0 Å². The SMILES string of the molecule is CC[C@H](C)C(=O)NCC(=O)N[C@@H]1CCCCNC1=O. The van der Waals surface area contributed by atoms with Gasteiger partial charge in [0.25, 0.3) is 0 Å². The zero-order valence-electron chi connectivity index (χ0n) is 11.6. The molecule has 3 amide bonds. The van der Waals surface area contributed by atoms with Gasteiger partial charge >= 0.3 is 0 Å². The lowest BCUT2D eigenvalue weighted by Gasteiger charge is -2.16. The molecule has 0 bridgehead atoms. The van der Waals surface area contributed by atoms with Crippen LogP contribution in [0.25, 0.3) is 0 Å².